The summed E-state index contributed by atoms with van der Waals surface area (Å²) in [7, 11) is 0. The number of hydrogen-bond acceptors (Lipinski definition) is 2. The molecule has 2 rings (SSSR count). The molecule has 0 spiro atoms. The number of nitrogens with one attached hydrogen (secondary N) is 2. The molecular weight excluding hydrogens is 260 g/mol. The molecule has 21 heavy (non-hydrogen) atoms. The maximum absolute atomic E-state index is 11.7. The zero-order chi connectivity index (χ0) is 15.1. The summed E-state index contributed by atoms with van der Waals surface area (Å²) in [6.45, 7) is 4.90. The van der Waals surface area contributed by atoms with Crippen molar-refractivity contribution < 1.29 is 4.79 Å². The lowest BCUT2D eigenvalue weighted by molar-refractivity contribution is 0.0956. The van der Waals surface area contributed by atoms with E-state index in [4.69, 9.17) is 0 Å². The second-order valence-electron chi connectivity index (χ2n) is 6.06. The van der Waals surface area contributed by atoms with Crippen LogP contribution < -0.4 is 10.6 Å². The van der Waals surface area contributed by atoms with Gasteiger partial charge in [-0.25, -0.2) is 0 Å². The number of hydrogen-bond donors (Lipinski definition) is 2. The summed E-state index contributed by atoms with van der Waals surface area (Å²) in [6, 6.07) is 8.42. The molecule has 1 aliphatic rings. The van der Waals surface area contributed by atoms with Gasteiger partial charge in [-0.2, -0.15) is 0 Å². The van der Waals surface area contributed by atoms with Crippen LogP contribution in [0, 0.1) is 5.92 Å². The van der Waals surface area contributed by atoms with E-state index >= 15 is 0 Å². The van der Waals surface area contributed by atoms with Crippen LogP contribution in [0.25, 0.3) is 0 Å². The molecule has 1 saturated carbocycles. The molecule has 1 aliphatic carbocycles. The summed E-state index contributed by atoms with van der Waals surface area (Å²) in [6.07, 6.45) is 7.88. The summed E-state index contributed by atoms with van der Waals surface area (Å²) in [5.41, 5.74) is 1.86. The van der Waals surface area contributed by atoms with Gasteiger partial charge in [-0.3, -0.25) is 4.79 Å². The van der Waals surface area contributed by atoms with Crippen molar-refractivity contribution in [1.82, 2.24) is 5.32 Å². The van der Waals surface area contributed by atoms with Crippen LogP contribution in [0.3, 0.4) is 0 Å². The van der Waals surface area contributed by atoms with Gasteiger partial charge in [0.2, 0.25) is 0 Å². The minimum absolute atomic E-state index is 0.00399. The Balaban J connectivity index is 1.89. The minimum atomic E-state index is 0.00399. The summed E-state index contributed by atoms with van der Waals surface area (Å²) in [4.78, 5) is 11.7. The summed E-state index contributed by atoms with van der Waals surface area (Å²) < 4.78 is 0. The van der Waals surface area contributed by atoms with Crippen molar-refractivity contribution in [2.75, 3.05) is 11.9 Å². The van der Waals surface area contributed by atoms with Crippen molar-refractivity contribution in [3.05, 3.63) is 29.8 Å². The lowest BCUT2D eigenvalue weighted by Gasteiger charge is -2.18. The maximum atomic E-state index is 11.7. The number of carbonyl (C=O) groups is 1. The van der Waals surface area contributed by atoms with Gasteiger partial charge < -0.3 is 10.6 Å². The van der Waals surface area contributed by atoms with Crippen molar-refractivity contribution in [2.45, 2.75) is 58.4 Å². The predicted molar refractivity (Wildman–Crippen MR) is 88.7 cm³/mol. The molecule has 0 radical (unpaired) electrons. The molecule has 2 unspecified atom stereocenters. The van der Waals surface area contributed by atoms with Gasteiger partial charge in [0.15, 0.2) is 0 Å². The topological polar surface area (TPSA) is 41.1 Å². The standard InChI is InChI=1S/C18H28N2O/c1-3-14-6-5-7-16(11-8-14)20-17-12-9-15(10-13-17)18(21)19-4-2/h9-10,12-14,16,20H,3-8,11H2,1-2H3,(H,19,21). The SMILES string of the molecule is CCNC(=O)c1ccc(NC2CCCC(CC)CC2)cc1. The largest absolute Gasteiger partial charge is 0.382 e. The van der Waals surface area contributed by atoms with E-state index < -0.39 is 0 Å². The molecule has 1 fully saturated rings. The zero-order valence-electron chi connectivity index (χ0n) is 13.3. The van der Waals surface area contributed by atoms with Crippen molar-refractivity contribution in [3.8, 4) is 0 Å². The van der Waals surface area contributed by atoms with Gasteiger partial charge in [-0.1, -0.05) is 26.2 Å². The van der Waals surface area contributed by atoms with Crippen LogP contribution in [-0.4, -0.2) is 18.5 Å². The van der Waals surface area contributed by atoms with E-state index in [1.165, 1.54) is 38.5 Å². The van der Waals surface area contributed by atoms with E-state index in [0.717, 1.165) is 17.2 Å². The third kappa shape index (κ3) is 4.76. The van der Waals surface area contributed by atoms with Gasteiger partial charge in [0.1, 0.15) is 0 Å². The van der Waals surface area contributed by atoms with Crippen molar-refractivity contribution in [1.29, 1.82) is 0 Å². The number of carbonyl (C=O) groups excluding carboxylic acids is 1. The molecule has 1 aromatic rings. The van der Waals surface area contributed by atoms with Gasteiger partial charge in [0, 0.05) is 23.8 Å². The number of rotatable bonds is 5. The fourth-order valence-electron chi connectivity index (χ4n) is 3.15. The predicted octanol–water partition coefficient (Wildman–Crippen LogP) is 4.21. The molecule has 1 aromatic carbocycles. The second kappa shape index (κ2) is 8.06. The molecule has 0 aromatic heterocycles. The number of amides is 1. The average molecular weight is 288 g/mol. The highest BCUT2D eigenvalue weighted by molar-refractivity contribution is 5.94. The molecule has 0 heterocycles. The molecular formula is C18H28N2O. The molecule has 116 valence electrons. The molecule has 3 nitrogen and oxygen atoms in total. The Bertz CT molecular complexity index is 441. The van der Waals surface area contributed by atoms with E-state index in [0.29, 0.717) is 12.6 Å². The van der Waals surface area contributed by atoms with Gasteiger partial charge in [0.05, 0.1) is 0 Å². The van der Waals surface area contributed by atoms with Crippen LogP contribution in [0.4, 0.5) is 5.69 Å². The number of anilines is 1. The highest BCUT2D eigenvalue weighted by Crippen LogP contribution is 2.27. The smallest absolute Gasteiger partial charge is 0.251 e. The molecule has 0 bridgehead atoms. The third-order valence-electron chi connectivity index (χ3n) is 4.52. The van der Waals surface area contributed by atoms with Crippen LogP contribution >= 0.6 is 0 Å². The Morgan fingerprint density at radius 2 is 1.86 bits per heavy atom. The highest BCUT2D eigenvalue weighted by Gasteiger charge is 2.17. The first-order chi connectivity index (χ1) is 10.2. The summed E-state index contributed by atoms with van der Waals surface area (Å²) in [5.74, 6) is 0.918. The average Bonchev–Trinajstić information content (AvgIpc) is 2.73. The fraction of sp³-hybridized carbons (Fsp3) is 0.611. The Labute approximate surface area is 128 Å². The van der Waals surface area contributed by atoms with Crippen LogP contribution in [0.5, 0.6) is 0 Å². The van der Waals surface area contributed by atoms with Crippen LogP contribution in [0.15, 0.2) is 24.3 Å². The summed E-state index contributed by atoms with van der Waals surface area (Å²) in [5, 5.41) is 6.45. The minimum Gasteiger partial charge on any atom is -0.382 e. The van der Waals surface area contributed by atoms with E-state index in [1.807, 2.05) is 31.2 Å². The lowest BCUT2D eigenvalue weighted by atomic mass is 9.98. The van der Waals surface area contributed by atoms with Crippen molar-refractivity contribution in [3.63, 3.8) is 0 Å². The van der Waals surface area contributed by atoms with Gasteiger partial charge >= 0.3 is 0 Å². The molecule has 2 atom stereocenters. The Kier molecular flexibility index (Phi) is 6.09. The molecule has 1 amide bonds. The molecule has 3 heteroatoms. The molecule has 0 saturated heterocycles. The first-order valence-corrected chi connectivity index (χ1v) is 8.37. The Morgan fingerprint density at radius 1 is 1.10 bits per heavy atom. The van der Waals surface area contributed by atoms with E-state index in [-0.39, 0.29) is 5.91 Å². The molecule has 2 N–H and O–H groups in total. The zero-order valence-corrected chi connectivity index (χ0v) is 13.3. The quantitative estimate of drug-likeness (QED) is 0.797. The van der Waals surface area contributed by atoms with Crippen LogP contribution in [0.1, 0.15) is 62.7 Å². The normalized spacial score (nSPS) is 22.4. The van der Waals surface area contributed by atoms with E-state index in [2.05, 4.69) is 17.6 Å². The fourth-order valence-corrected chi connectivity index (χ4v) is 3.15. The van der Waals surface area contributed by atoms with Crippen LogP contribution in [-0.2, 0) is 0 Å². The van der Waals surface area contributed by atoms with E-state index in [9.17, 15) is 4.79 Å². The third-order valence-corrected chi connectivity index (χ3v) is 4.52. The first kappa shape index (κ1) is 15.9. The molecule has 0 aliphatic heterocycles. The second-order valence-corrected chi connectivity index (χ2v) is 6.06. The van der Waals surface area contributed by atoms with Crippen LogP contribution in [0.2, 0.25) is 0 Å². The van der Waals surface area contributed by atoms with E-state index in [1.54, 1.807) is 0 Å². The monoisotopic (exact) mass is 288 g/mol. The van der Waals surface area contributed by atoms with Gasteiger partial charge in [0.25, 0.3) is 5.91 Å². The lowest BCUT2D eigenvalue weighted by Crippen LogP contribution is -2.22. The van der Waals surface area contributed by atoms with Gasteiger partial charge in [-0.05, 0) is 56.4 Å². The Hall–Kier alpha value is -1.51. The number of benzene rings is 1. The van der Waals surface area contributed by atoms with Gasteiger partial charge in [-0.15, -0.1) is 0 Å². The Morgan fingerprint density at radius 3 is 2.52 bits per heavy atom. The first-order valence-electron chi connectivity index (χ1n) is 8.37. The van der Waals surface area contributed by atoms with Crippen molar-refractivity contribution in [2.24, 2.45) is 5.92 Å². The highest BCUT2D eigenvalue weighted by atomic mass is 16.1. The summed E-state index contributed by atoms with van der Waals surface area (Å²) >= 11 is 0. The maximum Gasteiger partial charge on any atom is 0.251 e. The van der Waals surface area contributed by atoms with Crippen molar-refractivity contribution >= 4 is 11.6 Å².